The molecule has 0 amide bonds. The SMILES string of the molecule is CCOC(=O)CCN1CCCCC1OCc1ccc(-c2ccc(C)cc2)cc1. The molecule has 1 heterocycles. The van der Waals surface area contributed by atoms with Gasteiger partial charge in [0.05, 0.1) is 19.6 Å². The topological polar surface area (TPSA) is 38.8 Å². The maximum Gasteiger partial charge on any atom is 0.307 e. The van der Waals surface area contributed by atoms with Crippen molar-refractivity contribution in [1.29, 1.82) is 0 Å². The first-order valence-corrected chi connectivity index (χ1v) is 10.3. The summed E-state index contributed by atoms with van der Waals surface area (Å²) in [7, 11) is 0. The van der Waals surface area contributed by atoms with Gasteiger partial charge in [0.2, 0.25) is 0 Å². The molecule has 0 N–H and O–H groups in total. The largest absolute Gasteiger partial charge is 0.466 e. The fraction of sp³-hybridized carbons (Fsp3) is 0.458. The van der Waals surface area contributed by atoms with Crippen molar-refractivity contribution in [3.05, 3.63) is 59.7 Å². The molecule has 4 nitrogen and oxygen atoms in total. The Labute approximate surface area is 168 Å². The van der Waals surface area contributed by atoms with Crippen LogP contribution in [0.5, 0.6) is 0 Å². The molecule has 150 valence electrons. The average molecular weight is 382 g/mol. The van der Waals surface area contributed by atoms with E-state index in [4.69, 9.17) is 9.47 Å². The number of esters is 1. The first-order chi connectivity index (χ1) is 13.7. The second-order valence-electron chi connectivity index (χ2n) is 7.42. The van der Waals surface area contributed by atoms with Gasteiger partial charge < -0.3 is 9.47 Å². The number of carbonyl (C=O) groups excluding carboxylic acids is 1. The molecular formula is C24H31NO3. The van der Waals surface area contributed by atoms with Crippen molar-refractivity contribution >= 4 is 5.97 Å². The predicted octanol–water partition coefficient (Wildman–Crippen LogP) is 4.94. The number of carbonyl (C=O) groups is 1. The second kappa shape index (κ2) is 10.4. The highest BCUT2D eigenvalue weighted by atomic mass is 16.5. The van der Waals surface area contributed by atoms with Gasteiger partial charge in [0.25, 0.3) is 0 Å². The number of piperidine rings is 1. The summed E-state index contributed by atoms with van der Waals surface area (Å²) < 4.78 is 11.3. The smallest absolute Gasteiger partial charge is 0.307 e. The van der Waals surface area contributed by atoms with Crippen LogP contribution >= 0.6 is 0 Å². The van der Waals surface area contributed by atoms with Gasteiger partial charge in [-0.2, -0.15) is 0 Å². The van der Waals surface area contributed by atoms with Crippen LogP contribution in [0.15, 0.2) is 48.5 Å². The lowest BCUT2D eigenvalue weighted by Crippen LogP contribution is -2.42. The Morgan fingerprint density at radius 1 is 1.04 bits per heavy atom. The molecule has 2 aromatic carbocycles. The van der Waals surface area contributed by atoms with E-state index >= 15 is 0 Å². The summed E-state index contributed by atoms with van der Waals surface area (Å²) in [4.78, 5) is 13.9. The van der Waals surface area contributed by atoms with Crippen molar-refractivity contribution in [1.82, 2.24) is 4.90 Å². The van der Waals surface area contributed by atoms with Gasteiger partial charge in [-0.05, 0) is 49.8 Å². The first kappa shape index (κ1) is 20.6. The highest BCUT2D eigenvalue weighted by Gasteiger charge is 2.23. The van der Waals surface area contributed by atoms with E-state index < -0.39 is 0 Å². The first-order valence-electron chi connectivity index (χ1n) is 10.3. The molecule has 0 spiro atoms. The number of likely N-dealkylation sites (tertiary alicyclic amines) is 1. The van der Waals surface area contributed by atoms with Crippen LogP contribution in [0.3, 0.4) is 0 Å². The third-order valence-corrected chi connectivity index (χ3v) is 5.24. The van der Waals surface area contributed by atoms with Crippen LogP contribution in [0.1, 0.15) is 43.7 Å². The number of rotatable bonds is 8. The zero-order chi connectivity index (χ0) is 19.8. The molecule has 1 aliphatic heterocycles. The summed E-state index contributed by atoms with van der Waals surface area (Å²) in [6.45, 7) is 6.67. The third-order valence-electron chi connectivity index (χ3n) is 5.24. The molecule has 0 radical (unpaired) electrons. The lowest BCUT2D eigenvalue weighted by molar-refractivity contribution is -0.145. The lowest BCUT2D eigenvalue weighted by atomic mass is 10.0. The molecule has 0 saturated carbocycles. The fourth-order valence-corrected chi connectivity index (χ4v) is 3.60. The van der Waals surface area contributed by atoms with Crippen LogP contribution in [0.2, 0.25) is 0 Å². The number of benzene rings is 2. The molecule has 1 aliphatic rings. The minimum atomic E-state index is -0.126. The Morgan fingerprint density at radius 3 is 2.39 bits per heavy atom. The number of aryl methyl sites for hydroxylation is 1. The number of hydrogen-bond acceptors (Lipinski definition) is 4. The number of nitrogens with zero attached hydrogens (tertiary/aromatic N) is 1. The van der Waals surface area contributed by atoms with Gasteiger partial charge in [0.1, 0.15) is 6.23 Å². The Balaban J connectivity index is 1.53. The van der Waals surface area contributed by atoms with Crippen molar-refractivity contribution in [2.75, 3.05) is 19.7 Å². The molecule has 0 aromatic heterocycles. The molecule has 0 bridgehead atoms. The van der Waals surface area contributed by atoms with Gasteiger partial charge in [-0.25, -0.2) is 0 Å². The molecule has 1 fully saturated rings. The standard InChI is InChI=1S/C24H31NO3/c1-3-27-24(26)15-17-25-16-5-4-6-23(25)28-18-20-9-13-22(14-10-20)21-11-7-19(2)8-12-21/h7-14,23H,3-6,15-18H2,1-2H3. The number of hydrogen-bond donors (Lipinski definition) is 0. The maximum absolute atomic E-state index is 11.6. The van der Waals surface area contributed by atoms with Gasteiger partial charge in [-0.15, -0.1) is 0 Å². The van der Waals surface area contributed by atoms with Gasteiger partial charge in [0.15, 0.2) is 0 Å². The summed E-state index contributed by atoms with van der Waals surface area (Å²) in [6.07, 6.45) is 3.87. The van der Waals surface area contributed by atoms with E-state index in [2.05, 4.69) is 60.4 Å². The highest BCUT2D eigenvalue weighted by molar-refractivity contribution is 5.69. The monoisotopic (exact) mass is 381 g/mol. The Morgan fingerprint density at radius 2 is 1.71 bits per heavy atom. The van der Waals surface area contributed by atoms with Crippen LogP contribution in [-0.4, -0.2) is 36.8 Å². The molecule has 28 heavy (non-hydrogen) atoms. The van der Waals surface area contributed by atoms with E-state index in [-0.39, 0.29) is 12.2 Å². The van der Waals surface area contributed by atoms with Crippen molar-refractivity contribution in [3.63, 3.8) is 0 Å². The maximum atomic E-state index is 11.6. The van der Waals surface area contributed by atoms with Gasteiger partial charge in [-0.3, -0.25) is 9.69 Å². The van der Waals surface area contributed by atoms with E-state index in [0.29, 0.717) is 26.2 Å². The molecule has 4 heteroatoms. The Kier molecular flexibility index (Phi) is 7.63. The van der Waals surface area contributed by atoms with E-state index in [0.717, 1.165) is 19.4 Å². The molecular weight excluding hydrogens is 350 g/mol. The third kappa shape index (κ3) is 5.91. The van der Waals surface area contributed by atoms with Crippen LogP contribution in [0, 0.1) is 6.92 Å². The quantitative estimate of drug-likeness (QED) is 0.607. The summed E-state index contributed by atoms with van der Waals surface area (Å²) in [5.41, 5.74) is 4.90. The van der Waals surface area contributed by atoms with Crippen molar-refractivity contribution in [3.8, 4) is 11.1 Å². The van der Waals surface area contributed by atoms with E-state index in [1.807, 2.05) is 6.92 Å². The molecule has 2 aromatic rings. The van der Waals surface area contributed by atoms with Crippen molar-refractivity contribution in [2.24, 2.45) is 0 Å². The van der Waals surface area contributed by atoms with Crippen molar-refractivity contribution in [2.45, 2.75) is 52.4 Å². The second-order valence-corrected chi connectivity index (χ2v) is 7.42. The molecule has 3 rings (SSSR count). The Bertz CT molecular complexity index is 739. The van der Waals surface area contributed by atoms with Crippen LogP contribution in [-0.2, 0) is 20.9 Å². The van der Waals surface area contributed by atoms with E-state index in [1.54, 1.807) is 0 Å². The van der Waals surface area contributed by atoms with E-state index in [1.165, 1.54) is 28.7 Å². The zero-order valence-corrected chi connectivity index (χ0v) is 17.0. The summed E-state index contributed by atoms with van der Waals surface area (Å²) >= 11 is 0. The minimum absolute atomic E-state index is 0.0833. The lowest BCUT2D eigenvalue weighted by Gasteiger charge is -2.35. The highest BCUT2D eigenvalue weighted by Crippen LogP contribution is 2.22. The van der Waals surface area contributed by atoms with Crippen LogP contribution in [0.4, 0.5) is 0 Å². The van der Waals surface area contributed by atoms with Gasteiger partial charge >= 0.3 is 5.97 Å². The minimum Gasteiger partial charge on any atom is -0.466 e. The van der Waals surface area contributed by atoms with Gasteiger partial charge in [0, 0.05) is 13.1 Å². The molecule has 1 saturated heterocycles. The normalized spacial score (nSPS) is 17.4. The predicted molar refractivity (Wildman–Crippen MR) is 112 cm³/mol. The molecule has 1 atom stereocenters. The van der Waals surface area contributed by atoms with Gasteiger partial charge in [-0.1, -0.05) is 54.1 Å². The molecule has 0 aliphatic carbocycles. The summed E-state index contributed by atoms with van der Waals surface area (Å²) in [5.74, 6) is -0.126. The van der Waals surface area contributed by atoms with E-state index in [9.17, 15) is 4.79 Å². The van der Waals surface area contributed by atoms with Crippen LogP contribution < -0.4 is 0 Å². The number of ether oxygens (including phenoxy) is 2. The van der Waals surface area contributed by atoms with Crippen LogP contribution in [0.25, 0.3) is 11.1 Å². The average Bonchev–Trinajstić information content (AvgIpc) is 2.72. The Hall–Kier alpha value is -2.17. The summed E-state index contributed by atoms with van der Waals surface area (Å²) in [5, 5.41) is 0. The zero-order valence-electron chi connectivity index (χ0n) is 17.0. The molecule has 1 unspecified atom stereocenters. The van der Waals surface area contributed by atoms with Crippen molar-refractivity contribution < 1.29 is 14.3 Å². The fourth-order valence-electron chi connectivity index (χ4n) is 3.60. The summed E-state index contributed by atoms with van der Waals surface area (Å²) in [6, 6.07) is 17.2.